The molecule has 3 nitrogen and oxygen atoms in total. The van der Waals surface area contributed by atoms with Gasteiger partial charge < -0.3 is 4.57 Å². The van der Waals surface area contributed by atoms with E-state index in [0.29, 0.717) is 0 Å². The van der Waals surface area contributed by atoms with E-state index in [4.69, 9.17) is 0 Å². The molecule has 0 spiro atoms. The van der Waals surface area contributed by atoms with Gasteiger partial charge in [0.15, 0.2) is 5.78 Å². The molecule has 112 valence electrons. The summed E-state index contributed by atoms with van der Waals surface area (Å²) in [5, 5.41) is 0. The van der Waals surface area contributed by atoms with Crippen molar-refractivity contribution in [3.8, 4) is 0 Å². The van der Waals surface area contributed by atoms with Crippen molar-refractivity contribution in [3.05, 3.63) is 58.9 Å². The van der Waals surface area contributed by atoms with E-state index in [1.54, 1.807) is 0 Å². The van der Waals surface area contributed by atoms with E-state index in [1.807, 2.05) is 64.2 Å². The molecule has 1 heterocycles. The van der Waals surface area contributed by atoms with E-state index >= 15 is 0 Å². The highest BCUT2D eigenvalue weighted by Gasteiger charge is 2.25. The van der Waals surface area contributed by atoms with Gasteiger partial charge in [0.1, 0.15) is 0 Å². The Kier molecular flexibility index (Phi) is 4.63. The lowest BCUT2D eigenvalue weighted by molar-refractivity contribution is 0.0874. The fourth-order valence-corrected chi connectivity index (χ4v) is 2.63. The van der Waals surface area contributed by atoms with Gasteiger partial charge in [-0.3, -0.25) is 9.69 Å². The molecule has 0 fully saturated rings. The molecule has 0 bridgehead atoms. The van der Waals surface area contributed by atoms with Crippen LogP contribution in [0.5, 0.6) is 0 Å². The van der Waals surface area contributed by atoms with Crippen molar-refractivity contribution in [2.45, 2.75) is 26.3 Å². The number of Topliss-reactive ketones (excluding diaryl/α,β-unsaturated/α-hetero) is 1. The quantitative estimate of drug-likeness (QED) is 0.789. The molecule has 0 amide bonds. The Balaban J connectivity index is 2.30. The number of aryl methyl sites for hydroxylation is 1. The molecule has 0 saturated heterocycles. The molecule has 0 aliphatic rings. The van der Waals surface area contributed by atoms with Crippen LogP contribution < -0.4 is 0 Å². The third-order valence-electron chi connectivity index (χ3n) is 4.24. The van der Waals surface area contributed by atoms with Gasteiger partial charge >= 0.3 is 0 Å². The van der Waals surface area contributed by atoms with Gasteiger partial charge in [-0.05, 0) is 46.0 Å². The monoisotopic (exact) mass is 284 g/mol. The van der Waals surface area contributed by atoms with E-state index in [0.717, 1.165) is 23.4 Å². The summed E-state index contributed by atoms with van der Waals surface area (Å²) >= 11 is 0. The molecule has 1 aromatic heterocycles. The number of likely N-dealkylation sites (N-methyl/N-ethyl adjacent to an activating group) is 1. The number of benzene rings is 1. The van der Waals surface area contributed by atoms with Crippen LogP contribution in [-0.4, -0.2) is 35.4 Å². The molecular formula is C18H24N2O. The highest BCUT2D eigenvalue weighted by Crippen LogP contribution is 2.19. The number of hydrogen-bond donors (Lipinski definition) is 0. The predicted octanol–water partition coefficient (Wildman–Crippen LogP) is 3.00. The Bertz CT molecular complexity index is 626. The van der Waals surface area contributed by atoms with Crippen LogP contribution in [-0.2, 0) is 13.5 Å². The van der Waals surface area contributed by atoms with Crippen molar-refractivity contribution in [3.63, 3.8) is 0 Å². The van der Waals surface area contributed by atoms with Gasteiger partial charge in [0.25, 0.3) is 0 Å². The molecule has 0 aliphatic heterocycles. The van der Waals surface area contributed by atoms with Crippen molar-refractivity contribution in [1.82, 2.24) is 9.47 Å². The Hall–Kier alpha value is -1.87. The first-order valence-corrected chi connectivity index (χ1v) is 7.29. The molecule has 0 radical (unpaired) electrons. The van der Waals surface area contributed by atoms with Gasteiger partial charge in [0, 0.05) is 24.0 Å². The van der Waals surface area contributed by atoms with Crippen LogP contribution in [0.25, 0.3) is 0 Å². The highest BCUT2D eigenvalue weighted by molar-refractivity contribution is 6.01. The first kappa shape index (κ1) is 15.5. The molecule has 21 heavy (non-hydrogen) atoms. The molecule has 3 heteroatoms. The van der Waals surface area contributed by atoms with E-state index < -0.39 is 0 Å². The molecule has 1 atom stereocenters. The SMILES string of the molecule is Cc1cc(C(=O)C(Cc2ccccc2)N(C)C)c(C)n1C. The van der Waals surface area contributed by atoms with Crippen LogP contribution in [0.2, 0.25) is 0 Å². The van der Waals surface area contributed by atoms with Crippen LogP contribution in [0.3, 0.4) is 0 Å². The maximum absolute atomic E-state index is 12.9. The number of ketones is 1. The van der Waals surface area contributed by atoms with Gasteiger partial charge in [0.2, 0.25) is 0 Å². The highest BCUT2D eigenvalue weighted by atomic mass is 16.1. The summed E-state index contributed by atoms with van der Waals surface area (Å²) in [6, 6.07) is 12.1. The summed E-state index contributed by atoms with van der Waals surface area (Å²) < 4.78 is 2.07. The smallest absolute Gasteiger partial charge is 0.182 e. The molecule has 2 aromatic rings. The average Bonchev–Trinajstić information content (AvgIpc) is 2.72. The maximum Gasteiger partial charge on any atom is 0.182 e. The van der Waals surface area contributed by atoms with Gasteiger partial charge in [0.05, 0.1) is 6.04 Å². The third-order valence-corrected chi connectivity index (χ3v) is 4.24. The molecule has 2 rings (SSSR count). The number of aromatic nitrogens is 1. The van der Waals surface area contributed by atoms with Crippen LogP contribution in [0, 0.1) is 13.8 Å². The van der Waals surface area contributed by atoms with E-state index in [-0.39, 0.29) is 11.8 Å². The Morgan fingerprint density at radius 3 is 2.29 bits per heavy atom. The Labute approximate surface area is 127 Å². The fourth-order valence-electron chi connectivity index (χ4n) is 2.63. The van der Waals surface area contributed by atoms with Crippen LogP contribution in [0.1, 0.15) is 27.3 Å². The van der Waals surface area contributed by atoms with Crippen LogP contribution >= 0.6 is 0 Å². The zero-order valence-corrected chi connectivity index (χ0v) is 13.6. The molecular weight excluding hydrogens is 260 g/mol. The first-order valence-electron chi connectivity index (χ1n) is 7.29. The number of carbonyl (C=O) groups excluding carboxylic acids is 1. The van der Waals surface area contributed by atoms with E-state index in [2.05, 4.69) is 16.7 Å². The average molecular weight is 284 g/mol. The normalized spacial score (nSPS) is 12.7. The summed E-state index contributed by atoms with van der Waals surface area (Å²) in [7, 11) is 5.94. The predicted molar refractivity (Wildman–Crippen MR) is 86.8 cm³/mol. The lowest BCUT2D eigenvalue weighted by Gasteiger charge is -2.23. The molecule has 0 aliphatic carbocycles. The second kappa shape index (κ2) is 6.27. The summed E-state index contributed by atoms with van der Waals surface area (Å²) in [5.41, 5.74) is 4.19. The summed E-state index contributed by atoms with van der Waals surface area (Å²) in [4.78, 5) is 14.9. The first-order chi connectivity index (χ1) is 9.91. The zero-order chi connectivity index (χ0) is 15.6. The van der Waals surface area contributed by atoms with Crippen LogP contribution in [0.4, 0.5) is 0 Å². The third kappa shape index (κ3) is 3.24. The maximum atomic E-state index is 12.9. The zero-order valence-electron chi connectivity index (χ0n) is 13.6. The number of carbonyl (C=O) groups is 1. The lowest BCUT2D eigenvalue weighted by atomic mass is 9.97. The number of nitrogens with zero attached hydrogens (tertiary/aromatic N) is 2. The topological polar surface area (TPSA) is 25.2 Å². The minimum atomic E-state index is -0.132. The van der Waals surface area contributed by atoms with Gasteiger partial charge in [-0.15, -0.1) is 0 Å². The van der Waals surface area contributed by atoms with Crippen molar-refractivity contribution < 1.29 is 4.79 Å². The molecule has 1 unspecified atom stereocenters. The standard InChI is InChI=1S/C18H24N2O/c1-13-11-16(14(2)20(13)5)18(21)17(19(3)4)12-15-9-7-6-8-10-15/h6-11,17H,12H2,1-5H3. The van der Waals surface area contributed by atoms with Gasteiger partial charge in [-0.25, -0.2) is 0 Å². The van der Waals surface area contributed by atoms with Crippen molar-refractivity contribution in [1.29, 1.82) is 0 Å². The minimum Gasteiger partial charge on any atom is -0.351 e. The Morgan fingerprint density at radius 2 is 1.81 bits per heavy atom. The summed E-state index contributed by atoms with van der Waals surface area (Å²) in [6.45, 7) is 4.04. The van der Waals surface area contributed by atoms with Gasteiger partial charge in [-0.1, -0.05) is 30.3 Å². The minimum absolute atomic E-state index is 0.132. The second-order valence-electron chi connectivity index (χ2n) is 5.88. The summed E-state index contributed by atoms with van der Waals surface area (Å²) in [6.07, 6.45) is 0.736. The van der Waals surface area contributed by atoms with Gasteiger partial charge in [-0.2, -0.15) is 0 Å². The summed E-state index contributed by atoms with van der Waals surface area (Å²) in [5.74, 6) is 0.199. The van der Waals surface area contributed by atoms with Crippen molar-refractivity contribution in [2.24, 2.45) is 7.05 Å². The second-order valence-corrected chi connectivity index (χ2v) is 5.88. The Morgan fingerprint density at radius 1 is 1.19 bits per heavy atom. The van der Waals surface area contributed by atoms with Crippen molar-refractivity contribution in [2.75, 3.05) is 14.1 Å². The largest absolute Gasteiger partial charge is 0.351 e. The molecule has 0 N–H and O–H groups in total. The van der Waals surface area contributed by atoms with E-state index in [9.17, 15) is 4.79 Å². The fraction of sp³-hybridized carbons (Fsp3) is 0.389. The molecule has 1 aromatic carbocycles. The van der Waals surface area contributed by atoms with E-state index in [1.165, 1.54) is 5.56 Å². The number of rotatable bonds is 5. The van der Waals surface area contributed by atoms with Crippen LogP contribution in [0.15, 0.2) is 36.4 Å². The van der Waals surface area contributed by atoms with Crippen molar-refractivity contribution >= 4 is 5.78 Å². The molecule has 0 saturated carbocycles. The lowest BCUT2D eigenvalue weighted by Crippen LogP contribution is -2.38. The number of hydrogen-bond acceptors (Lipinski definition) is 2.